The summed E-state index contributed by atoms with van der Waals surface area (Å²) in [5, 5.41) is 1.92. The number of rotatable bonds is 2. The Morgan fingerprint density at radius 2 is 2.00 bits per heavy atom. The van der Waals surface area contributed by atoms with Crippen molar-refractivity contribution in [2.75, 3.05) is 0 Å². The van der Waals surface area contributed by atoms with Gasteiger partial charge in [-0.2, -0.15) is 0 Å². The van der Waals surface area contributed by atoms with Crippen LogP contribution in [0.5, 0.6) is 0 Å². The number of carbonyl (C=O) groups is 1. The highest BCUT2D eigenvalue weighted by Crippen LogP contribution is 2.68. The molecule has 1 saturated heterocycles. The van der Waals surface area contributed by atoms with E-state index in [0.717, 1.165) is 12.8 Å². The lowest BCUT2D eigenvalue weighted by atomic mass is 9.67. The van der Waals surface area contributed by atoms with Gasteiger partial charge in [0.1, 0.15) is 0 Å². The van der Waals surface area contributed by atoms with Crippen molar-refractivity contribution in [3.63, 3.8) is 0 Å². The van der Waals surface area contributed by atoms with E-state index in [1.54, 1.807) is 0 Å². The zero-order valence-corrected chi connectivity index (χ0v) is 13.1. The maximum Gasteiger partial charge on any atom is 0.245 e. The third-order valence-corrected chi connectivity index (χ3v) is 6.74. The molecule has 2 saturated carbocycles. The fraction of sp³-hybridized carbons (Fsp3) is 0.611. The number of amides is 1. The fourth-order valence-electron chi connectivity index (χ4n) is 5.27. The van der Waals surface area contributed by atoms with Crippen LogP contribution in [-0.4, -0.2) is 17.0 Å². The number of nitrogens with zero attached hydrogens (tertiary/aromatic N) is 1. The molecule has 0 unspecified atom stereocenters. The molecule has 3 aliphatic rings. The summed E-state index contributed by atoms with van der Waals surface area (Å²) in [7, 11) is 0. The second-order valence-corrected chi connectivity index (χ2v) is 7.61. The van der Waals surface area contributed by atoms with Gasteiger partial charge in [0.2, 0.25) is 5.91 Å². The van der Waals surface area contributed by atoms with Crippen LogP contribution in [0.25, 0.3) is 0 Å². The maximum atomic E-state index is 13.3. The van der Waals surface area contributed by atoms with E-state index < -0.39 is 0 Å². The lowest BCUT2D eigenvalue weighted by molar-refractivity contribution is -0.143. The summed E-state index contributed by atoms with van der Waals surface area (Å²) in [6, 6.07) is 10.7. The van der Waals surface area contributed by atoms with Crippen molar-refractivity contribution >= 4 is 5.91 Å². The molecule has 2 bridgehead atoms. The normalized spacial score (nSPS) is 37.9. The molecule has 1 aromatic carbocycles. The van der Waals surface area contributed by atoms with E-state index in [2.05, 4.69) is 38.3 Å². The van der Waals surface area contributed by atoms with Crippen LogP contribution in [0.3, 0.4) is 0 Å². The van der Waals surface area contributed by atoms with Crippen LogP contribution in [0.2, 0.25) is 0 Å². The second-order valence-electron chi connectivity index (χ2n) is 7.61. The molecule has 3 nitrogen and oxygen atoms in total. The molecule has 112 valence electrons. The van der Waals surface area contributed by atoms with Crippen molar-refractivity contribution in [1.82, 2.24) is 10.4 Å². The Bertz CT molecular complexity index is 582. The Morgan fingerprint density at radius 1 is 1.29 bits per heavy atom. The number of benzene rings is 1. The van der Waals surface area contributed by atoms with Crippen molar-refractivity contribution in [3.8, 4) is 0 Å². The van der Waals surface area contributed by atoms with E-state index in [-0.39, 0.29) is 16.9 Å². The van der Waals surface area contributed by atoms with Crippen LogP contribution in [-0.2, 0) is 4.79 Å². The topological polar surface area (TPSA) is 32.3 Å². The Balaban J connectivity index is 1.69. The quantitative estimate of drug-likeness (QED) is 0.904. The van der Waals surface area contributed by atoms with Gasteiger partial charge < -0.3 is 0 Å². The Morgan fingerprint density at radius 3 is 2.62 bits per heavy atom. The van der Waals surface area contributed by atoms with Crippen molar-refractivity contribution < 1.29 is 4.79 Å². The predicted octanol–water partition coefficient (Wildman–Crippen LogP) is 3.29. The van der Waals surface area contributed by atoms with Gasteiger partial charge in [0, 0.05) is 6.04 Å². The molecule has 21 heavy (non-hydrogen) atoms. The maximum absolute atomic E-state index is 13.3. The molecule has 1 amide bonds. The summed E-state index contributed by atoms with van der Waals surface area (Å²) in [5.74, 6) is 1.03. The van der Waals surface area contributed by atoms with Gasteiger partial charge in [-0.05, 0) is 43.1 Å². The minimum Gasteiger partial charge on any atom is -0.273 e. The van der Waals surface area contributed by atoms with Crippen molar-refractivity contribution in [2.45, 2.75) is 52.1 Å². The predicted molar refractivity (Wildman–Crippen MR) is 82.2 cm³/mol. The first-order valence-corrected chi connectivity index (χ1v) is 8.13. The van der Waals surface area contributed by atoms with Gasteiger partial charge in [-0.15, -0.1) is 0 Å². The van der Waals surface area contributed by atoms with Crippen LogP contribution in [0.1, 0.15) is 51.6 Å². The highest BCUT2D eigenvalue weighted by molar-refractivity contribution is 5.88. The molecule has 3 fully saturated rings. The minimum atomic E-state index is -0.166. The van der Waals surface area contributed by atoms with Crippen molar-refractivity contribution in [1.29, 1.82) is 0 Å². The van der Waals surface area contributed by atoms with Crippen LogP contribution in [0, 0.1) is 16.7 Å². The van der Waals surface area contributed by atoms with Crippen LogP contribution >= 0.6 is 0 Å². The first-order chi connectivity index (χ1) is 9.98. The molecule has 1 N–H and O–H groups in total. The zero-order chi connectivity index (χ0) is 14.8. The molecule has 4 rings (SSSR count). The van der Waals surface area contributed by atoms with Crippen LogP contribution in [0.15, 0.2) is 30.3 Å². The van der Waals surface area contributed by atoms with Gasteiger partial charge in [-0.25, -0.2) is 5.43 Å². The Kier molecular flexibility index (Phi) is 2.60. The van der Waals surface area contributed by atoms with Crippen molar-refractivity contribution in [2.24, 2.45) is 16.7 Å². The average Bonchev–Trinajstić information content (AvgIpc) is 3.02. The molecule has 4 atom stereocenters. The second kappa shape index (κ2) is 4.10. The van der Waals surface area contributed by atoms with Crippen LogP contribution in [0.4, 0.5) is 0 Å². The average molecular weight is 284 g/mol. The molecule has 3 heteroatoms. The number of carbonyl (C=O) groups excluding carboxylic acids is 1. The van der Waals surface area contributed by atoms with E-state index in [9.17, 15) is 4.79 Å². The molecule has 0 aromatic heterocycles. The SMILES string of the molecule is C[C@@H](c1ccccc1)N1N[C@@H]2C[C@H]3CC[C@]2(C1=O)C3(C)C. The molecule has 1 aromatic rings. The van der Waals surface area contributed by atoms with Gasteiger partial charge in [-0.1, -0.05) is 44.2 Å². The van der Waals surface area contributed by atoms with Gasteiger partial charge in [0.25, 0.3) is 0 Å². The highest BCUT2D eigenvalue weighted by atomic mass is 16.2. The van der Waals surface area contributed by atoms with Crippen molar-refractivity contribution in [3.05, 3.63) is 35.9 Å². The molecular formula is C18H24N2O. The summed E-state index contributed by atoms with van der Waals surface area (Å²) in [5.41, 5.74) is 4.72. The minimum absolute atomic E-state index is 0.0912. The smallest absolute Gasteiger partial charge is 0.245 e. The van der Waals surface area contributed by atoms with E-state index in [1.165, 1.54) is 12.0 Å². The number of hydrazine groups is 1. The Labute approximate surface area is 126 Å². The van der Waals surface area contributed by atoms with Gasteiger partial charge >= 0.3 is 0 Å². The van der Waals surface area contributed by atoms with Gasteiger partial charge in [0.05, 0.1) is 11.5 Å². The summed E-state index contributed by atoms with van der Waals surface area (Å²) < 4.78 is 0. The molecule has 2 aliphatic carbocycles. The lowest BCUT2D eigenvalue weighted by Gasteiger charge is -2.35. The van der Waals surface area contributed by atoms with E-state index in [0.29, 0.717) is 17.9 Å². The van der Waals surface area contributed by atoms with Gasteiger partial charge in [-0.3, -0.25) is 9.80 Å². The summed E-state index contributed by atoms with van der Waals surface area (Å²) in [6.45, 7) is 6.74. The third kappa shape index (κ3) is 1.45. The number of nitrogens with one attached hydrogen (secondary N) is 1. The number of hydrogen-bond acceptors (Lipinski definition) is 2. The summed E-state index contributed by atoms with van der Waals surface area (Å²) in [4.78, 5) is 13.3. The Hall–Kier alpha value is -1.35. The molecule has 1 heterocycles. The molecule has 0 radical (unpaired) electrons. The van der Waals surface area contributed by atoms with E-state index in [1.807, 2.05) is 23.2 Å². The third-order valence-electron chi connectivity index (χ3n) is 6.74. The fourth-order valence-corrected chi connectivity index (χ4v) is 5.27. The summed E-state index contributed by atoms with van der Waals surface area (Å²) >= 11 is 0. The molecular weight excluding hydrogens is 260 g/mol. The first kappa shape index (κ1) is 13.3. The largest absolute Gasteiger partial charge is 0.273 e. The zero-order valence-electron chi connectivity index (χ0n) is 13.1. The van der Waals surface area contributed by atoms with E-state index >= 15 is 0 Å². The number of hydrogen-bond donors (Lipinski definition) is 1. The molecule has 1 aliphatic heterocycles. The standard InChI is InChI=1S/C18H24N2O/c1-12(13-7-5-4-6-8-13)20-16(21)18-10-9-14(17(18,2)3)11-15(18)19-20/h4-8,12,14-15,19H,9-11H2,1-3H3/t12-,14+,15+,18-/m0/s1. The first-order valence-electron chi connectivity index (χ1n) is 8.13. The molecule has 1 spiro atoms. The number of fused-ring (bicyclic) bond motifs is 1. The highest BCUT2D eigenvalue weighted by Gasteiger charge is 2.72. The monoisotopic (exact) mass is 284 g/mol. The summed E-state index contributed by atoms with van der Waals surface area (Å²) in [6.07, 6.45) is 3.42. The lowest BCUT2D eigenvalue weighted by Crippen LogP contribution is -2.43. The van der Waals surface area contributed by atoms with Crippen LogP contribution < -0.4 is 5.43 Å². The van der Waals surface area contributed by atoms with Gasteiger partial charge in [0.15, 0.2) is 0 Å². The van der Waals surface area contributed by atoms with E-state index in [4.69, 9.17) is 0 Å².